The lowest BCUT2D eigenvalue weighted by Gasteiger charge is -2.42. The van der Waals surface area contributed by atoms with Gasteiger partial charge in [0.15, 0.2) is 0 Å². The minimum absolute atomic E-state index is 0.616. The van der Waals surface area contributed by atoms with E-state index >= 15 is 0 Å². The molecule has 100 valence electrons. The molecular formula is C15H30N2. The zero-order valence-electron chi connectivity index (χ0n) is 11.8. The lowest BCUT2D eigenvalue weighted by atomic mass is 9.75. The SMILES string of the molecule is CCN(CC1CCC1)CC1(CC)CCNCC1. The molecule has 2 rings (SSSR count). The number of rotatable bonds is 6. The molecule has 1 aliphatic carbocycles. The standard InChI is InChI=1S/C15H30N2/c1-3-15(8-10-16-11-9-15)13-17(4-2)12-14-6-5-7-14/h14,16H,3-13H2,1-2H3. The Hall–Kier alpha value is -0.0800. The molecule has 1 aliphatic heterocycles. The number of piperidine rings is 1. The van der Waals surface area contributed by atoms with Crippen molar-refractivity contribution in [1.29, 1.82) is 0 Å². The van der Waals surface area contributed by atoms with Crippen LogP contribution in [0, 0.1) is 11.3 Å². The predicted molar refractivity (Wildman–Crippen MR) is 74.3 cm³/mol. The van der Waals surface area contributed by atoms with Gasteiger partial charge in [0.1, 0.15) is 0 Å². The smallest absolute Gasteiger partial charge is 0.00388 e. The highest BCUT2D eigenvalue weighted by Gasteiger charge is 2.32. The van der Waals surface area contributed by atoms with Gasteiger partial charge in [-0.05, 0) is 63.1 Å². The molecule has 2 aliphatic rings. The molecule has 1 N–H and O–H groups in total. The van der Waals surface area contributed by atoms with Gasteiger partial charge in [0, 0.05) is 13.1 Å². The maximum absolute atomic E-state index is 3.51. The summed E-state index contributed by atoms with van der Waals surface area (Å²) >= 11 is 0. The molecule has 2 fully saturated rings. The van der Waals surface area contributed by atoms with Gasteiger partial charge in [-0.1, -0.05) is 20.3 Å². The number of nitrogens with one attached hydrogen (secondary N) is 1. The van der Waals surface area contributed by atoms with Gasteiger partial charge in [-0.2, -0.15) is 0 Å². The first-order valence-electron chi connectivity index (χ1n) is 7.71. The van der Waals surface area contributed by atoms with Crippen LogP contribution < -0.4 is 5.32 Å². The van der Waals surface area contributed by atoms with Crippen LogP contribution in [0.1, 0.15) is 52.4 Å². The van der Waals surface area contributed by atoms with Crippen molar-refractivity contribution >= 4 is 0 Å². The van der Waals surface area contributed by atoms with E-state index in [9.17, 15) is 0 Å². The van der Waals surface area contributed by atoms with Gasteiger partial charge < -0.3 is 10.2 Å². The fourth-order valence-electron chi connectivity index (χ4n) is 3.40. The summed E-state index contributed by atoms with van der Waals surface area (Å²) in [5.74, 6) is 1.02. The first-order chi connectivity index (χ1) is 8.28. The van der Waals surface area contributed by atoms with E-state index in [2.05, 4.69) is 24.1 Å². The molecule has 0 atom stereocenters. The van der Waals surface area contributed by atoms with E-state index < -0.39 is 0 Å². The van der Waals surface area contributed by atoms with Crippen LogP contribution in [0.5, 0.6) is 0 Å². The van der Waals surface area contributed by atoms with Crippen LogP contribution in [-0.2, 0) is 0 Å². The molecule has 1 heterocycles. The van der Waals surface area contributed by atoms with Gasteiger partial charge in [-0.3, -0.25) is 0 Å². The van der Waals surface area contributed by atoms with Gasteiger partial charge in [-0.25, -0.2) is 0 Å². The second-order valence-electron chi connectivity index (χ2n) is 6.23. The van der Waals surface area contributed by atoms with E-state index in [-0.39, 0.29) is 0 Å². The Morgan fingerprint density at radius 3 is 2.35 bits per heavy atom. The highest BCUT2D eigenvalue weighted by molar-refractivity contribution is 4.87. The average molecular weight is 238 g/mol. The van der Waals surface area contributed by atoms with E-state index in [1.807, 2.05) is 0 Å². The minimum Gasteiger partial charge on any atom is -0.317 e. The summed E-state index contributed by atoms with van der Waals surface area (Å²) in [6.45, 7) is 11.1. The Labute approximate surface area is 107 Å². The molecule has 1 saturated heterocycles. The second kappa shape index (κ2) is 6.19. The Morgan fingerprint density at radius 2 is 1.88 bits per heavy atom. The molecule has 0 spiro atoms. The topological polar surface area (TPSA) is 15.3 Å². The zero-order chi connectivity index (χ0) is 12.1. The van der Waals surface area contributed by atoms with Crippen molar-refractivity contribution in [1.82, 2.24) is 10.2 Å². The normalized spacial score (nSPS) is 24.9. The summed E-state index contributed by atoms with van der Waals surface area (Å²) in [6.07, 6.45) is 8.56. The van der Waals surface area contributed by atoms with Crippen LogP contribution in [-0.4, -0.2) is 37.6 Å². The third-order valence-corrected chi connectivity index (χ3v) is 5.16. The van der Waals surface area contributed by atoms with Crippen molar-refractivity contribution in [2.75, 3.05) is 32.7 Å². The van der Waals surface area contributed by atoms with Crippen molar-refractivity contribution < 1.29 is 0 Å². The van der Waals surface area contributed by atoms with Gasteiger partial charge in [-0.15, -0.1) is 0 Å². The van der Waals surface area contributed by atoms with E-state index in [1.54, 1.807) is 0 Å². The minimum atomic E-state index is 0.616. The van der Waals surface area contributed by atoms with Crippen molar-refractivity contribution in [2.45, 2.75) is 52.4 Å². The monoisotopic (exact) mass is 238 g/mol. The first-order valence-corrected chi connectivity index (χ1v) is 7.71. The molecule has 0 amide bonds. The molecule has 0 bridgehead atoms. The van der Waals surface area contributed by atoms with E-state index in [1.165, 1.54) is 71.2 Å². The number of hydrogen-bond acceptors (Lipinski definition) is 2. The van der Waals surface area contributed by atoms with E-state index in [0.29, 0.717) is 5.41 Å². The predicted octanol–water partition coefficient (Wildman–Crippen LogP) is 2.89. The van der Waals surface area contributed by atoms with Gasteiger partial charge >= 0.3 is 0 Å². The molecule has 0 aromatic rings. The Bertz CT molecular complexity index is 217. The summed E-state index contributed by atoms with van der Waals surface area (Å²) in [6, 6.07) is 0. The lowest BCUT2D eigenvalue weighted by molar-refractivity contribution is 0.0860. The fourth-order valence-corrected chi connectivity index (χ4v) is 3.40. The van der Waals surface area contributed by atoms with Gasteiger partial charge in [0.25, 0.3) is 0 Å². The zero-order valence-corrected chi connectivity index (χ0v) is 11.8. The van der Waals surface area contributed by atoms with Crippen molar-refractivity contribution in [3.8, 4) is 0 Å². The molecule has 0 radical (unpaired) electrons. The summed E-state index contributed by atoms with van der Waals surface area (Å²) < 4.78 is 0. The number of nitrogens with zero attached hydrogens (tertiary/aromatic N) is 1. The molecular weight excluding hydrogens is 208 g/mol. The van der Waals surface area contributed by atoms with Crippen LogP contribution in [0.4, 0.5) is 0 Å². The second-order valence-corrected chi connectivity index (χ2v) is 6.23. The molecule has 0 unspecified atom stereocenters. The summed E-state index contributed by atoms with van der Waals surface area (Å²) in [7, 11) is 0. The lowest BCUT2D eigenvalue weighted by Crippen LogP contribution is -2.46. The van der Waals surface area contributed by atoms with Crippen molar-refractivity contribution in [3.05, 3.63) is 0 Å². The molecule has 0 aromatic heterocycles. The molecule has 2 nitrogen and oxygen atoms in total. The molecule has 2 heteroatoms. The fraction of sp³-hybridized carbons (Fsp3) is 1.00. The summed E-state index contributed by atoms with van der Waals surface area (Å²) in [5, 5.41) is 3.51. The van der Waals surface area contributed by atoms with Crippen LogP contribution in [0.3, 0.4) is 0 Å². The summed E-state index contributed by atoms with van der Waals surface area (Å²) in [4.78, 5) is 2.73. The van der Waals surface area contributed by atoms with Crippen molar-refractivity contribution in [2.24, 2.45) is 11.3 Å². The van der Waals surface area contributed by atoms with E-state index in [0.717, 1.165) is 5.92 Å². The summed E-state index contributed by atoms with van der Waals surface area (Å²) in [5.41, 5.74) is 0.616. The molecule has 17 heavy (non-hydrogen) atoms. The number of hydrogen-bond donors (Lipinski definition) is 1. The van der Waals surface area contributed by atoms with Gasteiger partial charge in [0.2, 0.25) is 0 Å². The highest BCUT2D eigenvalue weighted by atomic mass is 15.1. The highest BCUT2D eigenvalue weighted by Crippen LogP contribution is 2.35. The molecule has 1 saturated carbocycles. The van der Waals surface area contributed by atoms with Crippen LogP contribution >= 0.6 is 0 Å². The Morgan fingerprint density at radius 1 is 1.18 bits per heavy atom. The third kappa shape index (κ3) is 3.45. The largest absolute Gasteiger partial charge is 0.317 e. The molecule has 0 aromatic carbocycles. The maximum atomic E-state index is 3.51. The van der Waals surface area contributed by atoms with Crippen LogP contribution in [0.2, 0.25) is 0 Å². The first kappa shape index (κ1) is 13.4. The average Bonchev–Trinajstić information content (AvgIpc) is 2.33. The van der Waals surface area contributed by atoms with Crippen molar-refractivity contribution in [3.63, 3.8) is 0 Å². The third-order valence-electron chi connectivity index (χ3n) is 5.16. The Balaban J connectivity index is 1.85. The van der Waals surface area contributed by atoms with Gasteiger partial charge in [0.05, 0.1) is 0 Å². The Kier molecular flexibility index (Phi) is 4.87. The maximum Gasteiger partial charge on any atom is 0.00388 e. The quantitative estimate of drug-likeness (QED) is 0.765. The van der Waals surface area contributed by atoms with E-state index in [4.69, 9.17) is 0 Å². The van der Waals surface area contributed by atoms with Crippen LogP contribution in [0.25, 0.3) is 0 Å². The van der Waals surface area contributed by atoms with Crippen LogP contribution in [0.15, 0.2) is 0 Å².